The minimum atomic E-state index is -0.288. The van der Waals surface area contributed by atoms with Gasteiger partial charge in [0.2, 0.25) is 0 Å². The van der Waals surface area contributed by atoms with Gasteiger partial charge in [0.05, 0.1) is 19.2 Å². The summed E-state index contributed by atoms with van der Waals surface area (Å²) in [6.45, 7) is 2.36. The van der Waals surface area contributed by atoms with Crippen LogP contribution in [0, 0.1) is 12.7 Å². The van der Waals surface area contributed by atoms with Crippen LogP contribution in [0.1, 0.15) is 16.7 Å². The predicted octanol–water partition coefficient (Wildman–Crippen LogP) is 3.46. The van der Waals surface area contributed by atoms with Gasteiger partial charge in [0.15, 0.2) is 0 Å². The summed E-state index contributed by atoms with van der Waals surface area (Å²) in [6, 6.07) is 12.5. The molecule has 0 aromatic heterocycles. The Bertz CT molecular complexity index is 640. The molecule has 0 aliphatic carbocycles. The number of ether oxygens (including phenoxy) is 1. The highest BCUT2D eigenvalue weighted by molar-refractivity contribution is 5.73. The van der Waals surface area contributed by atoms with E-state index in [1.54, 1.807) is 12.1 Å². The summed E-state index contributed by atoms with van der Waals surface area (Å²) < 4.78 is 18.4. The minimum absolute atomic E-state index is 0.213. The van der Waals surface area contributed by atoms with E-state index in [1.165, 1.54) is 13.2 Å². The van der Waals surface area contributed by atoms with Crippen LogP contribution in [-0.2, 0) is 22.5 Å². The van der Waals surface area contributed by atoms with Crippen LogP contribution in [0.4, 0.5) is 10.1 Å². The topological polar surface area (TPSA) is 38.3 Å². The largest absolute Gasteiger partial charge is 0.469 e. The molecule has 2 aromatic rings. The number of nitrogens with one attached hydrogen (secondary N) is 1. The van der Waals surface area contributed by atoms with Gasteiger partial charge >= 0.3 is 5.97 Å². The summed E-state index contributed by atoms with van der Waals surface area (Å²) in [4.78, 5) is 11.4. The smallest absolute Gasteiger partial charge is 0.309 e. The van der Waals surface area contributed by atoms with E-state index in [1.807, 2.05) is 31.2 Å². The van der Waals surface area contributed by atoms with Crippen molar-refractivity contribution in [2.45, 2.75) is 19.9 Å². The van der Waals surface area contributed by atoms with Crippen LogP contribution in [0.15, 0.2) is 42.5 Å². The Labute approximate surface area is 123 Å². The zero-order chi connectivity index (χ0) is 15.2. The average Bonchev–Trinajstić information content (AvgIpc) is 2.49. The molecule has 0 unspecified atom stereocenters. The van der Waals surface area contributed by atoms with Gasteiger partial charge in [0, 0.05) is 6.54 Å². The van der Waals surface area contributed by atoms with Gasteiger partial charge < -0.3 is 10.1 Å². The number of halogens is 1. The first-order valence-corrected chi connectivity index (χ1v) is 6.74. The maximum atomic E-state index is 13.7. The summed E-state index contributed by atoms with van der Waals surface area (Å²) in [6.07, 6.45) is 0.213. The maximum Gasteiger partial charge on any atom is 0.309 e. The Morgan fingerprint density at radius 2 is 1.90 bits per heavy atom. The highest BCUT2D eigenvalue weighted by Gasteiger charge is 2.08. The Balaban J connectivity index is 2.13. The number of methoxy groups -OCH3 is 1. The van der Waals surface area contributed by atoms with Crippen LogP contribution < -0.4 is 5.32 Å². The number of rotatable bonds is 5. The molecule has 0 atom stereocenters. The van der Waals surface area contributed by atoms with E-state index in [9.17, 15) is 9.18 Å². The standard InChI is InChI=1S/C17H18FNO2/c1-12-7-8-15(18)16(9-12)19-11-14-6-4-3-5-13(14)10-17(20)21-2/h3-9,19H,10-11H2,1-2H3. The van der Waals surface area contributed by atoms with Crippen molar-refractivity contribution in [1.82, 2.24) is 0 Å². The molecule has 21 heavy (non-hydrogen) atoms. The number of aryl methyl sites for hydroxylation is 1. The number of hydrogen-bond donors (Lipinski definition) is 1. The lowest BCUT2D eigenvalue weighted by Crippen LogP contribution is -2.09. The van der Waals surface area contributed by atoms with Crippen molar-refractivity contribution >= 4 is 11.7 Å². The molecule has 3 nitrogen and oxygen atoms in total. The van der Waals surface area contributed by atoms with E-state index in [2.05, 4.69) is 10.1 Å². The summed E-state index contributed by atoms with van der Waals surface area (Å²) in [7, 11) is 1.37. The number of carbonyl (C=O) groups excluding carboxylic acids is 1. The average molecular weight is 287 g/mol. The lowest BCUT2D eigenvalue weighted by molar-refractivity contribution is -0.139. The van der Waals surface area contributed by atoms with E-state index < -0.39 is 0 Å². The Morgan fingerprint density at radius 3 is 2.62 bits per heavy atom. The minimum Gasteiger partial charge on any atom is -0.469 e. The van der Waals surface area contributed by atoms with Crippen molar-refractivity contribution in [3.63, 3.8) is 0 Å². The number of esters is 1. The van der Waals surface area contributed by atoms with E-state index in [4.69, 9.17) is 0 Å². The van der Waals surface area contributed by atoms with Crippen LogP contribution in [0.3, 0.4) is 0 Å². The van der Waals surface area contributed by atoms with Gasteiger partial charge in [0.1, 0.15) is 5.82 Å². The van der Waals surface area contributed by atoms with Gasteiger partial charge in [-0.25, -0.2) is 4.39 Å². The highest BCUT2D eigenvalue weighted by Crippen LogP contribution is 2.18. The third kappa shape index (κ3) is 4.05. The van der Waals surface area contributed by atoms with Gasteiger partial charge in [-0.2, -0.15) is 0 Å². The predicted molar refractivity (Wildman–Crippen MR) is 80.6 cm³/mol. The summed E-state index contributed by atoms with van der Waals surface area (Å²) in [5.41, 5.74) is 3.28. The molecule has 0 heterocycles. The fourth-order valence-electron chi connectivity index (χ4n) is 2.10. The second-order valence-corrected chi connectivity index (χ2v) is 4.86. The molecule has 1 N–H and O–H groups in total. The zero-order valence-corrected chi connectivity index (χ0v) is 12.2. The van der Waals surface area contributed by atoms with Crippen LogP contribution in [0.2, 0.25) is 0 Å². The van der Waals surface area contributed by atoms with E-state index >= 15 is 0 Å². The Kier molecular flexibility index (Phi) is 4.93. The van der Waals surface area contributed by atoms with Crippen molar-refractivity contribution in [1.29, 1.82) is 0 Å². The van der Waals surface area contributed by atoms with Crippen molar-refractivity contribution in [3.8, 4) is 0 Å². The molecule has 0 fully saturated rings. The molecule has 0 spiro atoms. The first-order chi connectivity index (χ1) is 10.1. The van der Waals surface area contributed by atoms with E-state index in [0.29, 0.717) is 12.2 Å². The fourth-order valence-corrected chi connectivity index (χ4v) is 2.10. The summed E-state index contributed by atoms with van der Waals surface area (Å²) in [5.74, 6) is -0.574. The van der Waals surface area contributed by atoms with Crippen LogP contribution in [0.5, 0.6) is 0 Å². The lowest BCUT2D eigenvalue weighted by Gasteiger charge is -2.12. The Hall–Kier alpha value is -2.36. The highest BCUT2D eigenvalue weighted by atomic mass is 19.1. The molecule has 0 radical (unpaired) electrons. The van der Waals surface area contributed by atoms with Gasteiger partial charge in [-0.15, -0.1) is 0 Å². The van der Waals surface area contributed by atoms with Crippen molar-refractivity contribution in [3.05, 3.63) is 65.0 Å². The molecule has 0 saturated heterocycles. The van der Waals surface area contributed by atoms with Gasteiger partial charge in [0.25, 0.3) is 0 Å². The quantitative estimate of drug-likeness (QED) is 0.856. The third-order valence-electron chi connectivity index (χ3n) is 3.27. The third-order valence-corrected chi connectivity index (χ3v) is 3.27. The normalized spacial score (nSPS) is 10.2. The number of anilines is 1. The van der Waals surface area contributed by atoms with Crippen molar-refractivity contribution < 1.29 is 13.9 Å². The first-order valence-electron chi connectivity index (χ1n) is 6.74. The maximum absolute atomic E-state index is 13.7. The molecule has 2 rings (SSSR count). The molecule has 4 heteroatoms. The fraction of sp³-hybridized carbons (Fsp3) is 0.235. The van der Waals surface area contributed by atoms with Crippen LogP contribution >= 0.6 is 0 Å². The first kappa shape index (κ1) is 15.0. The number of carbonyl (C=O) groups is 1. The van der Waals surface area contributed by atoms with Crippen molar-refractivity contribution in [2.24, 2.45) is 0 Å². The molecule has 0 aliphatic heterocycles. The summed E-state index contributed by atoms with van der Waals surface area (Å²) >= 11 is 0. The molecule has 0 amide bonds. The van der Waals surface area contributed by atoms with Crippen LogP contribution in [0.25, 0.3) is 0 Å². The van der Waals surface area contributed by atoms with E-state index in [0.717, 1.165) is 16.7 Å². The van der Waals surface area contributed by atoms with E-state index in [-0.39, 0.29) is 18.2 Å². The monoisotopic (exact) mass is 287 g/mol. The molecule has 110 valence electrons. The molecule has 0 aliphatic rings. The second kappa shape index (κ2) is 6.88. The molecular weight excluding hydrogens is 269 g/mol. The Morgan fingerprint density at radius 1 is 1.19 bits per heavy atom. The van der Waals surface area contributed by atoms with Crippen LogP contribution in [-0.4, -0.2) is 13.1 Å². The molecule has 2 aromatic carbocycles. The number of benzene rings is 2. The van der Waals surface area contributed by atoms with Gasteiger partial charge in [-0.3, -0.25) is 4.79 Å². The SMILES string of the molecule is COC(=O)Cc1ccccc1CNc1cc(C)ccc1F. The second-order valence-electron chi connectivity index (χ2n) is 4.86. The summed E-state index contributed by atoms with van der Waals surface area (Å²) in [5, 5.41) is 3.07. The zero-order valence-electron chi connectivity index (χ0n) is 12.2. The van der Waals surface area contributed by atoms with Gasteiger partial charge in [-0.05, 0) is 35.7 Å². The molecule has 0 bridgehead atoms. The molecular formula is C17H18FNO2. The van der Waals surface area contributed by atoms with Crippen molar-refractivity contribution in [2.75, 3.05) is 12.4 Å². The molecule has 0 saturated carbocycles. The number of hydrogen-bond acceptors (Lipinski definition) is 3. The lowest BCUT2D eigenvalue weighted by atomic mass is 10.0. The van der Waals surface area contributed by atoms with Gasteiger partial charge in [-0.1, -0.05) is 30.3 Å².